The van der Waals surface area contributed by atoms with E-state index in [9.17, 15) is 4.79 Å². The molecule has 0 radical (unpaired) electrons. The summed E-state index contributed by atoms with van der Waals surface area (Å²) in [5.41, 5.74) is 1.25. The molecule has 0 atom stereocenters. The summed E-state index contributed by atoms with van der Waals surface area (Å²) in [6.07, 6.45) is 0. The Morgan fingerprint density at radius 1 is 1.57 bits per heavy atom. The number of benzene rings is 1. The van der Waals surface area contributed by atoms with Gasteiger partial charge in [-0.2, -0.15) is 0 Å². The first-order valence-corrected chi connectivity index (χ1v) is 5.36. The zero-order chi connectivity index (χ0) is 10.7. The molecule has 0 saturated heterocycles. The lowest BCUT2D eigenvalue weighted by Gasteiger charge is -2.07. The van der Waals surface area contributed by atoms with Crippen LogP contribution in [-0.4, -0.2) is 12.6 Å². The molecule has 0 amide bonds. The number of esters is 1. The molecule has 1 aromatic rings. The monoisotopic (exact) mass is 276 g/mol. The SMILES string of the molecule is CCOC(=O)c1cc(Br)cc(Cl)c1C. The van der Waals surface area contributed by atoms with Gasteiger partial charge in [-0.05, 0) is 31.5 Å². The summed E-state index contributed by atoms with van der Waals surface area (Å²) in [4.78, 5) is 11.5. The minimum atomic E-state index is -0.340. The minimum Gasteiger partial charge on any atom is -0.462 e. The summed E-state index contributed by atoms with van der Waals surface area (Å²) in [5, 5.41) is 0.558. The molecule has 0 unspecified atom stereocenters. The molecule has 0 aliphatic carbocycles. The fraction of sp³-hybridized carbons (Fsp3) is 0.300. The van der Waals surface area contributed by atoms with Crippen LogP contribution in [-0.2, 0) is 4.74 Å². The van der Waals surface area contributed by atoms with E-state index in [1.807, 2.05) is 0 Å². The van der Waals surface area contributed by atoms with Crippen LogP contribution in [0.25, 0.3) is 0 Å². The van der Waals surface area contributed by atoms with Crippen molar-refractivity contribution in [2.75, 3.05) is 6.61 Å². The van der Waals surface area contributed by atoms with E-state index in [2.05, 4.69) is 15.9 Å². The number of rotatable bonds is 2. The molecular weight excluding hydrogens is 267 g/mol. The van der Waals surface area contributed by atoms with Crippen molar-refractivity contribution in [1.29, 1.82) is 0 Å². The molecular formula is C10H10BrClO2. The summed E-state index contributed by atoms with van der Waals surface area (Å²) < 4.78 is 5.67. The quantitative estimate of drug-likeness (QED) is 0.772. The van der Waals surface area contributed by atoms with Crippen LogP contribution in [0.3, 0.4) is 0 Å². The zero-order valence-corrected chi connectivity index (χ0v) is 10.3. The van der Waals surface area contributed by atoms with Crippen molar-refractivity contribution >= 4 is 33.5 Å². The average molecular weight is 278 g/mol. The Labute approximate surface area is 96.3 Å². The highest BCUT2D eigenvalue weighted by molar-refractivity contribution is 9.10. The second-order valence-corrected chi connectivity index (χ2v) is 4.10. The van der Waals surface area contributed by atoms with E-state index in [1.54, 1.807) is 26.0 Å². The van der Waals surface area contributed by atoms with E-state index in [1.165, 1.54) is 0 Å². The Kier molecular flexibility index (Phi) is 3.96. The molecule has 0 N–H and O–H groups in total. The number of carbonyl (C=O) groups is 1. The molecule has 0 fully saturated rings. The summed E-state index contributed by atoms with van der Waals surface area (Å²) >= 11 is 9.20. The molecule has 0 bridgehead atoms. The fourth-order valence-electron chi connectivity index (χ4n) is 1.07. The van der Waals surface area contributed by atoms with Gasteiger partial charge in [0.25, 0.3) is 0 Å². The van der Waals surface area contributed by atoms with Crippen LogP contribution >= 0.6 is 27.5 Å². The van der Waals surface area contributed by atoms with Gasteiger partial charge in [-0.25, -0.2) is 4.79 Å². The van der Waals surface area contributed by atoms with Crippen molar-refractivity contribution in [3.63, 3.8) is 0 Å². The first-order chi connectivity index (χ1) is 6.56. The highest BCUT2D eigenvalue weighted by Crippen LogP contribution is 2.25. The van der Waals surface area contributed by atoms with E-state index in [4.69, 9.17) is 16.3 Å². The number of hydrogen-bond donors (Lipinski definition) is 0. The molecule has 0 heterocycles. The predicted octanol–water partition coefficient (Wildman–Crippen LogP) is 3.59. The Morgan fingerprint density at radius 3 is 2.79 bits per heavy atom. The highest BCUT2D eigenvalue weighted by atomic mass is 79.9. The second-order valence-electron chi connectivity index (χ2n) is 2.78. The van der Waals surface area contributed by atoms with E-state index in [0.717, 1.165) is 10.0 Å². The second kappa shape index (κ2) is 4.80. The van der Waals surface area contributed by atoms with Crippen molar-refractivity contribution in [2.24, 2.45) is 0 Å². The summed E-state index contributed by atoms with van der Waals surface area (Å²) in [5.74, 6) is -0.340. The minimum absolute atomic E-state index is 0.340. The highest BCUT2D eigenvalue weighted by Gasteiger charge is 2.13. The Balaban J connectivity index is 3.13. The van der Waals surface area contributed by atoms with Gasteiger partial charge < -0.3 is 4.74 Å². The summed E-state index contributed by atoms with van der Waals surface area (Å²) in [7, 11) is 0. The van der Waals surface area contributed by atoms with Crippen molar-refractivity contribution in [1.82, 2.24) is 0 Å². The van der Waals surface area contributed by atoms with Gasteiger partial charge in [-0.15, -0.1) is 0 Å². The van der Waals surface area contributed by atoms with Crippen LogP contribution in [0.2, 0.25) is 5.02 Å². The topological polar surface area (TPSA) is 26.3 Å². The van der Waals surface area contributed by atoms with Crippen molar-refractivity contribution < 1.29 is 9.53 Å². The third-order valence-electron chi connectivity index (χ3n) is 1.80. The first kappa shape index (κ1) is 11.5. The lowest BCUT2D eigenvalue weighted by molar-refractivity contribution is 0.0525. The van der Waals surface area contributed by atoms with E-state index in [0.29, 0.717) is 17.2 Å². The Bertz CT molecular complexity index is 363. The third-order valence-corrected chi connectivity index (χ3v) is 2.65. The van der Waals surface area contributed by atoms with Crippen LogP contribution < -0.4 is 0 Å². The molecule has 2 nitrogen and oxygen atoms in total. The third kappa shape index (κ3) is 2.49. The molecule has 1 aromatic carbocycles. The van der Waals surface area contributed by atoms with Gasteiger partial charge in [0.2, 0.25) is 0 Å². The number of hydrogen-bond acceptors (Lipinski definition) is 2. The Hall–Kier alpha value is -0.540. The number of carbonyl (C=O) groups excluding carboxylic acids is 1. The van der Waals surface area contributed by atoms with Crippen molar-refractivity contribution in [3.05, 3.63) is 32.8 Å². The molecule has 14 heavy (non-hydrogen) atoms. The van der Waals surface area contributed by atoms with Crippen molar-refractivity contribution in [2.45, 2.75) is 13.8 Å². The smallest absolute Gasteiger partial charge is 0.338 e. The molecule has 76 valence electrons. The lowest BCUT2D eigenvalue weighted by atomic mass is 10.1. The maximum Gasteiger partial charge on any atom is 0.338 e. The molecule has 0 aliphatic heterocycles. The van der Waals surface area contributed by atoms with Gasteiger partial charge >= 0.3 is 5.97 Å². The zero-order valence-electron chi connectivity index (χ0n) is 7.93. The molecule has 1 rings (SSSR count). The maximum atomic E-state index is 11.5. The molecule has 0 saturated carbocycles. The van der Waals surface area contributed by atoms with Gasteiger partial charge in [-0.3, -0.25) is 0 Å². The van der Waals surface area contributed by atoms with E-state index < -0.39 is 0 Å². The van der Waals surface area contributed by atoms with Gasteiger partial charge in [0.15, 0.2) is 0 Å². The van der Waals surface area contributed by atoms with E-state index >= 15 is 0 Å². The first-order valence-electron chi connectivity index (χ1n) is 4.19. The number of ether oxygens (including phenoxy) is 1. The fourth-order valence-corrected chi connectivity index (χ4v) is 1.88. The van der Waals surface area contributed by atoms with Crippen LogP contribution in [0.4, 0.5) is 0 Å². The van der Waals surface area contributed by atoms with Gasteiger partial charge in [0, 0.05) is 9.50 Å². The largest absolute Gasteiger partial charge is 0.462 e. The van der Waals surface area contributed by atoms with Crippen LogP contribution in [0, 0.1) is 6.92 Å². The van der Waals surface area contributed by atoms with Crippen LogP contribution in [0.15, 0.2) is 16.6 Å². The maximum absolute atomic E-state index is 11.5. The number of halogens is 2. The summed E-state index contributed by atoms with van der Waals surface area (Å²) in [6, 6.07) is 3.46. The Morgan fingerprint density at radius 2 is 2.21 bits per heavy atom. The van der Waals surface area contributed by atoms with Gasteiger partial charge in [0.05, 0.1) is 12.2 Å². The van der Waals surface area contributed by atoms with Crippen molar-refractivity contribution in [3.8, 4) is 0 Å². The standard InChI is InChI=1S/C10H10BrClO2/c1-3-14-10(13)8-4-7(11)5-9(12)6(8)2/h4-5H,3H2,1-2H3. The lowest BCUT2D eigenvalue weighted by Crippen LogP contribution is -2.06. The molecule has 0 aliphatic rings. The molecule has 4 heteroatoms. The predicted molar refractivity (Wildman–Crippen MR) is 59.8 cm³/mol. The van der Waals surface area contributed by atoms with Crippen LogP contribution in [0.5, 0.6) is 0 Å². The van der Waals surface area contributed by atoms with E-state index in [-0.39, 0.29) is 5.97 Å². The van der Waals surface area contributed by atoms with Gasteiger partial charge in [-0.1, -0.05) is 27.5 Å². The molecule has 0 aromatic heterocycles. The van der Waals surface area contributed by atoms with Gasteiger partial charge in [0.1, 0.15) is 0 Å². The average Bonchev–Trinajstić information content (AvgIpc) is 2.11. The van der Waals surface area contributed by atoms with Crippen LogP contribution in [0.1, 0.15) is 22.8 Å². The normalized spacial score (nSPS) is 10.0. The summed E-state index contributed by atoms with van der Waals surface area (Å²) in [6.45, 7) is 3.93. The molecule has 0 spiro atoms.